The van der Waals surface area contributed by atoms with E-state index in [9.17, 15) is 18.0 Å². The number of carbonyl (C=O) groups excluding carboxylic acids is 1. The number of aryl methyl sites for hydroxylation is 3. The van der Waals surface area contributed by atoms with Gasteiger partial charge in [-0.15, -0.1) is 23.1 Å². The van der Waals surface area contributed by atoms with Crippen LogP contribution >= 0.6 is 23.1 Å². The number of esters is 1. The van der Waals surface area contributed by atoms with Crippen molar-refractivity contribution < 1.29 is 22.7 Å². The summed E-state index contributed by atoms with van der Waals surface area (Å²) in [6.45, 7) is 2.06. The molecule has 3 nitrogen and oxygen atoms in total. The molecule has 0 fully saturated rings. The number of hydrogen-bond acceptors (Lipinski definition) is 5. The average Bonchev–Trinajstić information content (AvgIpc) is 3.26. The Bertz CT molecular complexity index is 1330. The lowest BCUT2D eigenvalue weighted by molar-refractivity contribution is -0.140. The van der Waals surface area contributed by atoms with Gasteiger partial charge in [0.2, 0.25) is 0 Å². The van der Waals surface area contributed by atoms with E-state index in [4.69, 9.17) is 4.74 Å². The number of carbonyl (C=O) groups is 1. The smallest absolute Gasteiger partial charge is 0.416 e. The van der Waals surface area contributed by atoms with Gasteiger partial charge in [0.1, 0.15) is 5.01 Å². The number of alkyl halides is 3. The molecule has 182 valence electrons. The summed E-state index contributed by atoms with van der Waals surface area (Å²) in [5.74, 6) is 0.703. The van der Waals surface area contributed by atoms with Gasteiger partial charge in [-0.1, -0.05) is 24.3 Å². The first-order valence-corrected chi connectivity index (χ1v) is 12.9. The highest BCUT2D eigenvalue weighted by molar-refractivity contribution is 7.99. The van der Waals surface area contributed by atoms with Crippen molar-refractivity contribution in [1.82, 2.24) is 4.98 Å². The van der Waals surface area contributed by atoms with E-state index in [0.717, 1.165) is 40.1 Å². The van der Waals surface area contributed by atoms with E-state index in [1.54, 1.807) is 11.8 Å². The highest BCUT2D eigenvalue weighted by atomic mass is 32.2. The van der Waals surface area contributed by atoms with Crippen molar-refractivity contribution in [3.63, 3.8) is 0 Å². The standard InChI is InChI=1S/C27H24F3NO2S2/c1-17-15-22(10-6-19(17)7-12-25(32)33-2)34-14-13-18-3-11-24-23(16-18)31-26(35-24)20-4-8-21(9-5-20)27(28,29)30/h3-6,8-11,15-16H,7,12-14H2,1-2H3. The number of thiazole rings is 1. The van der Waals surface area contributed by atoms with Crippen LogP contribution in [0, 0.1) is 6.92 Å². The second-order valence-electron chi connectivity index (χ2n) is 8.16. The van der Waals surface area contributed by atoms with E-state index < -0.39 is 11.7 Å². The lowest BCUT2D eigenvalue weighted by Gasteiger charge is -2.08. The predicted octanol–water partition coefficient (Wildman–Crippen LogP) is 7.73. The molecular weight excluding hydrogens is 491 g/mol. The third kappa shape index (κ3) is 6.44. The lowest BCUT2D eigenvalue weighted by Crippen LogP contribution is -2.03. The Morgan fingerprint density at radius 3 is 2.49 bits per heavy atom. The molecule has 0 radical (unpaired) electrons. The van der Waals surface area contributed by atoms with Crippen LogP contribution in [0.25, 0.3) is 20.8 Å². The van der Waals surface area contributed by atoms with Crippen molar-refractivity contribution in [3.05, 3.63) is 82.9 Å². The molecule has 0 N–H and O–H groups in total. The quantitative estimate of drug-likeness (QED) is 0.178. The number of halogens is 3. The molecule has 0 amide bonds. The van der Waals surface area contributed by atoms with Crippen LogP contribution in [0.4, 0.5) is 13.2 Å². The second kappa shape index (κ2) is 10.8. The van der Waals surface area contributed by atoms with Crippen molar-refractivity contribution in [2.75, 3.05) is 12.9 Å². The topological polar surface area (TPSA) is 39.2 Å². The summed E-state index contributed by atoms with van der Waals surface area (Å²) < 4.78 is 44.2. The van der Waals surface area contributed by atoms with Crippen LogP contribution in [0.2, 0.25) is 0 Å². The van der Waals surface area contributed by atoms with Crippen LogP contribution in [0.1, 0.15) is 28.7 Å². The molecule has 0 aliphatic rings. The first kappa shape index (κ1) is 25.3. The van der Waals surface area contributed by atoms with Gasteiger partial charge in [0.05, 0.1) is 22.9 Å². The van der Waals surface area contributed by atoms with Crippen LogP contribution in [-0.2, 0) is 28.5 Å². The Morgan fingerprint density at radius 2 is 1.80 bits per heavy atom. The molecule has 0 saturated heterocycles. The summed E-state index contributed by atoms with van der Waals surface area (Å²) in [6, 6.07) is 17.6. The minimum absolute atomic E-state index is 0.202. The molecule has 35 heavy (non-hydrogen) atoms. The van der Waals surface area contributed by atoms with Gasteiger partial charge >= 0.3 is 12.1 Å². The van der Waals surface area contributed by atoms with Gasteiger partial charge < -0.3 is 4.74 Å². The molecule has 1 heterocycles. The number of methoxy groups -OCH3 is 1. The number of ether oxygens (including phenoxy) is 1. The molecule has 0 saturated carbocycles. The lowest BCUT2D eigenvalue weighted by atomic mass is 10.0. The summed E-state index contributed by atoms with van der Waals surface area (Å²) in [4.78, 5) is 17.2. The van der Waals surface area contributed by atoms with E-state index in [2.05, 4.69) is 42.2 Å². The second-order valence-corrected chi connectivity index (χ2v) is 10.4. The highest BCUT2D eigenvalue weighted by Gasteiger charge is 2.30. The van der Waals surface area contributed by atoms with Gasteiger partial charge in [0.15, 0.2) is 0 Å². The number of aromatic nitrogens is 1. The van der Waals surface area contributed by atoms with Crippen molar-refractivity contribution in [2.45, 2.75) is 37.3 Å². The molecule has 3 aromatic carbocycles. The number of nitrogens with zero attached hydrogens (tertiary/aromatic N) is 1. The first-order chi connectivity index (χ1) is 16.7. The molecule has 0 unspecified atom stereocenters. The zero-order valence-corrected chi connectivity index (χ0v) is 20.9. The van der Waals surface area contributed by atoms with Crippen molar-refractivity contribution in [2.24, 2.45) is 0 Å². The van der Waals surface area contributed by atoms with Crippen molar-refractivity contribution >= 4 is 39.3 Å². The minimum Gasteiger partial charge on any atom is -0.469 e. The van der Waals surface area contributed by atoms with Gasteiger partial charge in [-0.25, -0.2) is 4.98 Å². The van der Waals surface area contributed by atoms with Crippen LogP contribution < -0.4 is 0 Å². The predicted molar refractivity (Wildman–Crippen MR) is 136 cm³/mol. The monoisotopic (exact) mass is 515 g/mol. The largest absolute Gasteiger partial charge is 0.469 e. The molecule has 4 rings (SSSR count). The molecule has 0 spiro atoms. The Hall–Kier alpha value is -2.84. The third-order valence-corrected chi connectivity index (χ3v) is 7.79. The van der Waals surface area contributed by atoms with Gasteiger partial charge in [-0.05, 0) is 72.9 Å². The summed E-state index contributed by atoms with van der Waals surface area (Å²) in [7, 11) is 1.40. The minimum atomic E-state index is -4.34. The Kier molecular flexibility index (Phi) is 7.82. The number of hydrogen-bond donors (Lipinski definition) is 0. The maximum absolute atomic E-state index is 12.8. The molecule has 0 bridgehead atoms. The fourth-order valence-corrected chi connectivity index (χ4v) is 5.67. The molecule has 0 aliphatic carbocycles. The van der Waals surface area contributed by atoms with Gasteiger partial charge in [-0.2, -0.15) is 13.2 Å². The fraction of sp³-hybridized carbons (Fsp3) is 0.259. The van der Waals surface area contributed by atoms with Crippen LogP contribution in [0.15, 0.2) is 65.6 Å². The van der Waals surface area contributed by atoms with Crippen LogP contribution in [-0.4, -0.2) is 23.8 Å². The van der Waals surface area contributed by atoms with E-state index >= 15 is 0 Å². The zero-order valence-electron chi connectivity index (χ0n) is 19.3. The highest BCUT2D eigenvalue weighted by Crippen LogP contribution is 2.34. The average molecular weight is 516 g/mol. The third-order valence-electron chi connectivity index (χ3n) is 5.71. The normalized spacial score (nSPS) is 11.7. The number of thioether (sulfide) groups is 1. The maximum Gasteiger partial charge on any atom is 0.416 e. The Morgan fingerprint density at radius 1 is 1.03 bits per heavy atom. The Labute approximate surface area is 210 Å². The maximum atomic E-state index is 12.8. The van der Waals surface area contributed by atoms with Crippen molar-refractivity contribution in [3.8, 4) is 10.6 Å². The van der Waals surface area contributed by atoms with E-state index in [-0.39, 0.29) is 5.97 Å². The molecule has 8 heteroatoms. The van der Waals surface area contributed by atoms with Crippen molar-refractivity contribution in [1.29, 1.82) is 0 Å². The molecular formula is C27H24F3NO2S2. The summed E-state index contributed by atoms with van der Waals surface area (Å²) in [5, 5.41) is 0.711. The summed E-state index contributed by atoms with van der Waals surface area (Å²) >= 11 is 3.25. The SMILES string of the molecule is COC(=O)CCc1ccc(SCCc2ccc3sc(-c4ccc(C(F)(F)F)cc4)nc3c2)cc1C. The van der Waals surface area contributed by atoms with Crippen LogP contribution in [0.5, 0.6) is 0 Å². The van der Waals surface area contributed by atoms with Gasteiger partial charge in [0.25, 0.3) is 0 Å². The van der Waals surface area contributed by atoms with Gasteiger partial charge in [0, 0.05) is 22.6 Å². The van der Waals surface area contributed by atoms with E-state index in [1.807, 2.05) is 6.07 Å². The molecule has 0 aliphatic heterocycles. The summed E-state index contributed by atoms with van der Waals surface area (Å²) in [5.41, 5.74) is 4.37. The van der Waals surface area contributed by atoms with E-state index in [0.29, 0.717) is 23.4 Å². The number of rotatable bonds is 8. The number of fused-ring (bicyclic) bond motifs is 1. The van der Waals surface area contributed by atoms with Crippen LogP contribution in [0.3, 0.4) is 0 Å². The first-order valence-electron chi connectivity index (χ1n) is 11.1. The molecule has 0 atom stereocenters. The molecule has 4 aromatic rings. The number of benzene rings is 3. The Balaban J connectivity index is 1.37. The zero-order chi connectivity index (χ0) is 25.0. The fourth-order valence-electron chi connectivity index (χ4n) is 3.72. The molecule has 1 aromatic heterocycles. The van der Waals surface area contributed by atoms with E-state index in [1.165, 1.54) is 46.6 Å². The summed E-state index contributed by atoms with van der Waals surface area (Å²) in [6.07, 6.45) is -2.42. The van der Waals surface area contributed by atoms with Gasteiger partial charge in [-0.3, -0.25) is 4.79 Å².